The van der Waals surface area contributed by atoms with E-state index in [0.717, 1.165) is 41.1 Å². The molecule has 0 aliphatic carbocycles. The Hall–Kier alpha value is -0.330. The second-order valence-electron chi connectivity index (χ2n) is 4.41. The van der Waals surface area contributed by atoms with Crippen molar-refractivity contribution in [3.05, 3.63) is 33.4 Å². The van der Waals surface area contributed by atoms with Crippen LogP contribution in [0, 0.1) is 9.49 Å². The molecule has 0 bridgehead atoms. The molecule has 1 heterocycles. The van der Waals surface area contributed by atoms with Gasteiger partial charge >= 0.3 is 0 Å². The van der Waals surface area contributed by atoms with Crippen LogP contribution in [0.1, 0.15) is 23.2 Å². The molecule has 100 valence electrons. The molecule has 0 spiro atoms. The SMILES string of the molecule is Cl.O=C(NCCC1CCNC1)c1cccc(I)c1. The van der Waals surface area contributed by atoms with Crippen molar-refractivity contribution in [2.24, 2.45) is 5.92 Å². The highest BCUT2D eigenvalue weighted by molar-refractivity contribution is 14.1. The van der Waals surface area contributed by atoms with Crippen LogP contribution in [0.25, 0.3) is 0 Å². The molecule has 0 radical (unpaired) electrons. The van der Waals surface area contributed by atoms with Crippen molar-refractivity contribution < 1.29 is 4.79 Å². The summed E-state index contributed by atoms with van der Waals surface area (Å²) in [6, 6.07) is 7.67. The molecular weight excluding hydrogens is 363 g/mol. The van der Waals surface area contributed by atoms with Crippen LogP contribution in [-0.4, -0.2) is 25.5 Å². The van der Waals surface area contributed by atoms with Crippen LogP contribution in [0.4, 0.5) is 0 Å². The second-order valence-corrected chi connectivity index (χ2v) is 5.66. The van der Waals surface area contributed by atoms with Crippen LogP contribution in [0.2, 0.25) is 0 Å². The number of halogens is 2. The topological polar surface area (TPSA) is 41.1 Å². The molecule has 1 aromatic carbocycles. The number of amides is 1. The van der Waals surface area contributed by atoms with Gasteiger partial charge in [0.2, 0.25) is 0 Å². The van der Waals surface area contributed by atoms with Gasteiger partial charge in [0.05, 0.1) is 0 Å². The van der Waals surface area contributed by atoms with Crippen LogP contribution in [0.5, 0.6) is 0 Å². The summed E-state index contributed by atoms with van der Waals surface area (Å²) in [6.45, 7) is 2.99. The van der Waals surface area contributed by atoms with E-state index < -0.39 is 0 Å². The van der Waals surface area contributed by atoms with Gasteiger partial charge in [0.25, 0.3) is 5.91 Å². The van der Waals surface area contributed by atoms with Crippen molar-refractivity contribution in [3.63, 3.8) is 0 Å². The Morgan fingerprint density at radius 3 is 3.00 bits per heavy atom. The largest absolute Gasteiger partial charge is 0.352 e. The van der Waals surface area contributed by atoms with E-state index >= 15 is 0 Å². The lowest BCUT2D eigenvalue weighted by Crippen LogP contribution is -2.26. The van der Waals surface area contributed by atoms with Crippen molar-refractivity contribution in [1.29, 1.82) is 0 Å². The van der Waals surface area contributed by atoms with Gasteiger partial charge in [-0.25, -0.2) is 0 Å². The van der Waals surface area contributed by atoms with Gasteiger partial charge < -0.3 is 10.6 Å². The summed E-state index contributed by atoms with van der Waals surface area (Å²) in [5.74, 6) is 0.765. The number of rotatable bonds is 4. The Morgan fingerprint density at radius 1 is 1.50 bits per heavy atom. The normalized spacial score (nSPS) is 18.2. The number of carbonyl (C=O) groups excluding carboxylic acids is 1. The zero-order chi connectivity index (χ0) is 12.1. The minimum atomic E-state index is 0. The van der Waals surface area contributed by atoms with Crippen LogP contribution in [0.3, 0.4) is 0 Å². The monoisotopic (exact) mass is 380 g/mol. The lowest BCUT2D eigenvalue weighted by atomic mass is 10.1. The minimum Gasteiger partial charge on any atom is -0.352 e. The van der Waals surface area contributed by atoms with Gasteiger partial charge in [0.1, 0.15) is 0 Å². The smallest absolute Gasteiger partial charge is 0.251 e. The Morgan fingerprint density at radius 2 is 2.33 bits per heavy atom. The Kier molecular flexibility index (Phi) is 6.96. The van der Waals surface area contributed by atoms with E-state index in [-0.39, 0.29) is 18.3 Å². The molecule has 1 aromatic rings. The Balaban J connectivity index is 0.00000162. The van der Waals surface area contributed by atoms with Gasteiger partial charge in [-0.05, 0) is 72.6 Å². The first-order valence-corrected chi connectivity index (χ1v) is 7.08. The molecule has 1 unspecified atom stereocenters. The summed E-state index contributed by atoms with van der Waals surface area (Å²) in [6.07, 6.45) is 2.31. The maximum Gasteiger partial charge on any atom is 0.251 e. The van der Waals surface area contributed by atoms with E-state index in [1.54, 1.807) is 0 Å². The molecule has 2 N–H and O–H groups in total. The lowest BCUT2D eigenvalue weighted by Gasteiger charge is -2.09. The third-order valence-electron chi connectivity index (χ3n) is 3.09. The molecule has 1 fully saturated rings. The third-order valence-corrected chi connectivity index (χ3v) is 3.76. The fourth-order valence-corrected chi connectivity index (χ4v) is 2.63. The molecule has 1 amide bonds. The van der Waals surface area contributed by atoms with Gasteiger partial charge in [0, 0.05) is 15.7 Å². The maximum absolute atomic E-state index is 11.8. The van der Waals surface area contributed by atoms with E-state index in [2.05, 4.69) is 33.2 Å². The second kappa shape index (κ2) is 7.96. The molecule has 2 rings (SSSR count). The summed E-state index contributed by atoms with van der Waals surface area (Å²) in [4.78, 5) is 11.8. The molecule has 5 heteroatoms. The van der Waals surface area contributed by atoms with Crippen molar-refractivity contribution in [2.45, 2.75) is 12.8 Å². The highest BCUT2D eigenvalue weighted by Crippen LogP contribution is 2.11. The molecule has 1 aliphatic heterocycles. The number of benzene rings is 1. The molecule has 1 saturated heterocycles. The van der Waals surface area contributed by atoms with Crippen molar-refractivity contribution >= 4 is 40.9 Å². The summed E-state index contributed by atoms with van der Waals surface area (Å²) in [7, 11) is 0. The highest BCUT2D eigenvalue weighted by Gasteiger charge is 2.14. The van der Waals surface area contributed by atoms with Gasteiger partial charge in [-0.15, -0.1) is 12.4 Å². The molecule has 18 heavy (non-hydrogen) atoms. The molecule has 0 aromatic heterocycles. The first-order valence-electron chi connectivity index (χ1n) is 6.00. The standard InChI is InChI=1S/C13H17IN2O.ClH/c14-12-3-1-2-11(8-12)13(17)16-7-5-10-4-6-15-9-10;/h1-3,8,10,15H,4-7,9H2,(H,16,17);1H. The Labute approximate surface area is 128 Å². The Bertz CT molecular complexity index is 394. The summed E-state index contributed by atoms with van der Waals surface area (Å²) < 4.78 is 1.09. The van der Waals surface area contributed by atoms with E-state index in [4.69, 9.17) is 0 Å². The third kappa shape index (κ3) is 4.74. The van der Waals surface area contributed by atoms with Crippen molar-refractivity contribution in [2.75, 3.05) is 19.6 Å². The predicted octanol–water partition coefficient (Wildman–Crippen LogP) is 2.44. The van der Waals surface area contributed by atoms with Crippen LogP contribution in [0.15, 0.2) is 24.3 Å². The molecule has 1 atom stereocenters. The maximum atomic E-state index is 11.8. The van der Waals surface area contributed by atoms with Crippen LogP contribution >= 0.6 is 35.0 Å². The minimum absolute atomic E-state index is 0. The van der Waals surface area contributed by atoms with Crippen LogP contribution in [-0.2, 0) is 0 Å². The number of hydrogen-bond acceptors (Lipinski definition) is 2. The first-order chi connectivity index (χ1) is 8.25. The zero-order valence-corrected chi connectivity index (χ0v) is 13.1. The fraction of sp³-hybridized carbons (Fsp3) is 0.462. The van der Waals surface area contributed by atoms with Gasteiger partial charge in [0.15, 0.2) is 0 Å². The summed E-state index contributed by atoms with van der Waals surface area (Å²) in [5.41, 5.74) is 0.751. The van der Waals surface area contributed by atoms with Crippen LogP contribution < -0.4 is 10.6 Å². The average molecular weight is 381 g/mol. The predicted molar refractivity (Wildman–Crippen MR) is 84.3 cm³/mol. The molecular formula is C13H18ClIN2O. The highest BCUT2D eigenvalue weighted by atomic mass is 127. The van der Waals surface area contributed by atoms with Gasteiger partial charge in [-0.2, -0.15) is 0 Å². The van der Waals surface area contributed by atoms with E-state index in [0.29, 0.717) is 0 Å². The fourth-order valence-electron chi connectivity index (χ4n) is 2.08. The molecule has 1 aliphatic rings. The molecule has 0 saturated carbocycles. The van der Waals surface area contributed by atoms with Gasteiger partial charge in [-0.3, -0.25) is 4.79 Å². The zero-order valence-electron chi connectivity index (χ0n) is 10.1. The number of carbonyl (C=O) groups is 1. The number of hydrogen-bond donors (Lipinski definition) is 2. The summed E-state index contributed by atoms with van der Waals surface area (Å²) in [5, 5.41) is 6.32. The first kappa shape index (κ1) is 15.7. The van der Waals surface area contributed by atoms with E-state index in [1.807, 2.05) is 24.3 Å². The van der Waals surface area contributed by atoms with Crippen molar-refractivity contribution in [1.82, 2.24) is 10.6 Å². The lowest BCUT2D eigenvalue weighted by molar-refractivity contribution is 0.0951. The summed E-state index contributed by atoms with van der Waals surface area (Å²) >= 11 is 2.22. The van der Waals surface area contributed by atoms with E-state index in [1.165, 1.54) is 6.42 Å². The van der Waals surface area contributed by atoms with E-state index in [9.17, 15) is 4.79 Å². The average Bonchev–Trinajstić information content (AvgIpc) is 2.82. The van der Waals surface area contributed by atoms with Crippen molar-refractivity contribution in [3.8, 4) is 0 Å². The van der Waals surface area contributed by atoms with Gasteiger partial charge in [-0.1, -0.05) is 6.07 Å². The number of nitrogens with one attached hydrogen (secondary N) is 2. The molecule has 3 nitrogen and oxygen atoms in total. The quantitative estimate of drug-likeness (QED) is 0.788.